The Hall–Kier alpha value is -0.890. The maximum Gasteiger partial charge on any atom is 0.161 e. The van der Waals surface area contributed by atoms with E-state index in [2.05, 4.69) is 62.3 Å². The highest BCUT2D eigenvalue weighted by Gasteiger charge is 2.13. The Bertz CT molecular complexity index is 662. The molecule has 0 bridgehead atoms. The average Bonchev–Trinajstić information content (AvgIpc) is 2.43. The second-order valence-electron chi connectivity index (χ2n) is 5.14. The number of hydrogen-bond acceptors (Lipinski definition) is 4. The molecular weight excluding hydrogens is 445 g/mol. The van der Waals surface area contributed by atoms with Gasteiger partial charge < -0.3 is 10.5 Å². The first-order valence-electron chi connectivity index (χ1n) is 6.58. The number of nitrogen functional groups attached to an aromatic ring is 1. The van der Waals surface area contributed by atoms with E-state index in [9.17, 15) is 0 Å². The number of nitrogens with two attached hydrogens (primary N) is 1. The van der Waals surface area contributed by atoms with Gasteiger partial charge in [-0.1, -0.05) is 13.8 Å². The minimum Gasteiger partial charge on any atom is -0.496 e. The highest BCUT2D eigenvalue weighted by atomic mass is 127. The Labute approximate surface area is 146 Å². The summed E-state index contributed by atoms with van der Waals surface area (Å²) in [4.78, 5) is 9.08. The highest BCUT2D eigenvalue weighted by molar-refractivity contribution is 14.1. The number of nitrogens with zero attached hydrogens (tertiary/aromatic N) is 2. The first-order valence-corrected chi connectivity index (χ1v) is 8.45. The van der Waals surface area contributed by atoms with E-state index in [0.29, 0.717) is 17.6 Å². The molecule has 0 saturated carbocycles. The summed E-state index contributed by atoms with van der Waals surface area (Å²) in [5, 5.41) is 0. The second-order valence-corrected chi connectivity index (χ2v) is 7.07. The van der Waals surface area contributed by atoms with Crippen molar-refractivity contribution in [2.75, 3.05) is 12.8 Å². The SMILES string of the molecule is COc1ccc(-c2nc(N)c(I)c(CC(C)C)n2)cc1Br. The number of halogens is 2. The van der Waals surface area contributed by atoms with Gasteiger partial charge in [-0.05, 0) is 69.1 Å². The molecule has 1 aromatic carbocycles. The van der Waals surface area contributed by atoms with E-state index < -0.39 is 0 Å². The van der Waals surface area contributed by atoms with E-state index in [1.165, 1.54) is 0 Å². The third kappa shape index (κ3) is 3.85. The molecule has 6 heteroatoms. The molecule has 0 aliphatic heterocycles. The Morgan fingerprint density at radius 3 is 2.62 bits per heavy atom. The fourth-order valence-electron chi connectivity index (χ4n) is 1.97. The number of hydrogen-bond donors (Lipinski definition) is 1. The molecule has 0 radical (unpaired) electrons. The van der Waals surface area contributed by atoms with Gasteiger partial charge in [-0.3, -0.25) is 0 Å². The fraction of sp³-hybridized carbons (Fsp3) is 0.333. The number of anilines is 1. The summed E-state index contributed by atoms with van der Waals surface area (Å²) in [5.41, 5.74) is 7.95. The number of methoxy groups -OCH3 is 1. The largest absolute Gasteiger partial charge is 0.496 e. The second kappa shape index (κ2) is 6.91. The van der Waals surface area contributed by atoms with E-state index in [1.54, 1.807) is 7.11 Å². The first kappa shape index (κ1) is 16.5. The topological polar surface area (TPSA) is 61.0 Å². The van der Waals surface area contributed by atoms with E-state index in [1.807, 2.05) is 18.2 Å². The summed E-state index contributed by atoms with van der Waals surface area (Å²) in [7, 11) is 1.64. The summed E-state index contributed by atoms with van der Waals surface area (Å²) in [6, 6.07) is 5.77. The lowest BCUT2D eigenvalue weighted by Crippen LogP contribution is -2.07. The summed E-state index contributed by atoms with van der Waals surface area (Å²) in [5.74, 6) is 2.47. The number of aromatic nitrogens is 2. The Balaban J connectivity index is 2.49. The lowest BCUT2D eigenvalue weighted by molar-refractivity contribution is 0.412. The predicted molar refractivity (Wildman–Crippen MR) is 97.4 cm³/mol. The molecule has 2 aromatic rings. The van der Waals surface area contributed by atoms with Crippen molar-refractivity contribution in [3.63, 3.8) is 0 Å². The van der Waals surface area contributed by atoms with Crippen LogP contribution in [0.1, 0.15) is 19.5 Å². The van der Waals surface area contributed by atoms with Gasteiger partial charge in [-0.2, -0.15) is 0 Å². The van der Waals surface area contributed by atoms with Crippen LogP contribution in [0.2, 0.25) is 0 Å². The van der Waals surface area contributed by atoms with Crippen molar-refractivity contribution in [3.05, 3.63) is 31.9 Å². The standard InChI is InChI=1S/C15H17BrIN3O/c1-8(2)6-11-13(17)14(18)20-15(19-11)9-4-5-12(21-3)10(16)7-9/h4-5,7-8H,6H2,1-3H3,(H2,18,19,20). The summed E-state index contributed by atoms with van der Waals surface area (Å²) in [6.07, 6.45) is 0.884. The van der Waals surface area contributed by atoms with Crippen LogP contribution in [0.3, 0.4) is 0 Å². The molecule has 0 atom stereocenters. The molecule has 2 rings (SSSR count). The van der Waals surface area contributed by atoms with Crippen LogP contribution in [-0.4, -0.2) is 17.1 Å². The third-order valence-corrected chi connectivity index (χ3v) is 4.75. The zero-order valence-electron chi connectivity index (χ0n) is 12.2. The molecular formula is C15H17BrIN3O. The van der Waals surface area contributed by atoms with E-state index >= 15 is 0 Å². The number of rotatable bonds is 4. The van der Waals surface area contributed by atoms with Gasteiger partial charge in [-0.25, -0.2) is 9.97 Å². The minimum absolute atomic E-state index is 0.517. The van der Waals surface area contributed by atoms with Crippen molar-refractivity contribution in [3.8, 4) is 17.1 Å². The molecule has 0 fully saturated rings. The van der Waals surface area contributed by atoms with Crippen LogP contribution >= 0.6 is 38.5 Å². The lowest BCUT2D eigenvalue weighted by atomic mass is 10.1. The van der Waals surface area contributed by atoms with Crippen molar-refractivity contribution in [1.82, 2.24) is 9.97 Å². The maximum atomic E-state index is 6.03. The van der Waals surface area contributed by atoms with E-state index in [4.69, 9.17) is 10.5 Å². The van der Waals surface area contributed by atoms with Crippen molar-refractivity contribution in [2.24, 2.45) is 5.92 Å². The van der Waals surface area contributed by atoms with Crippen LogP contribution in [0, 0.1) is 9.49 Å². The van der Waals surface area contributed by atoms with Crippen molar-refractivity contribution in [1.29, 1.82) is 0 Å². The van der Waals surface area contributed by atoms with Crippen molar-refractivity contribution in [2.45, 2.75) is 20.3 Å². The third-order valence-electron chi connectivity index (χ3n) is 2.96. The van der Waals surface area contributed by atoms with Crippen LogP contribution < -0.4 is 10.5 Å². The Morgan fingerprint density at radius 2 is 2.05 bits per heavy atom. The van der Waals surface area contributed by atoms with Crippen LogP contribution in [0.25, 0.3) is 11.4 Å². The molecule has 1 aromatic heterocycles. The van der Waals surface area contributed by atoms with Gasteiger partial charge in [0.2, 0.25) is 0 Å². The smallest absolute Gasteiger partial charge is 0.161 e. The zero-order chi connectivity index (χ0) is 15.6. The molecule has 112 valence electrons. The fourth-order valence-corrected chi connectivity index (χ4v) is 2.97. The molecule has 1 heterocycles. The monoisotopic (exact) mass is 461 g/mol. The van der Waals surface area contributed by atoms with Gasteiger partial charge in [0.1, 0.15) is 11.6 Å². The molecule has 4 nitrogen and oxygen atoms in total. The van der Waals surface area contributed by atoms with Crippen molar-refractivity contribution >= 4 is 44.3 Å². The van der Waals surface area contributed by atoms with Crippen LogP contribution in [0.5, 0.6) is 5.75 Å². The van der Waals surface area contributed by atoms with Gasteiger partial charge >= 0.3 is 0 Å². The highest BCUT2D eigenvalue weighted by Crippen LogP contribution is 2.30. The quantitative estimate of drug-likeness (QED) is 0.689. The number of ether oxygens (including phenoxy) is 1. The van der Waals surface area contributed by atoms with Crippen LogP contribution in [0.4, 0.5) is 5.82 Å². The van der Waals surface area contributed by atoms with Gasteiger partial charge in [0.25, 0.3) is 0 Å². The van der Waals surface area contributed by atoms with Crippen molar-refractivity contribution < 1.29 is 4.74 Å². The van der Waals surface area contributed by atoms with Gasteiger partial charge in [-0.15, -0.1) is 0 Å². The van der Waals surface area contributed by atoms with Crippen LogP contribution in [0.15, 0.2) is 22.7 Å². The molecule has 0 aliphatic carbocycles. The molecule has 0 aliphatic rings. The minimum atomic E-state index is 0.517. The summed E-state index contributed by atoms with van der Waals surface area (Å²) < 4.78 is 7.05. The summed E-state index contributed by atoms with van der Waals surface area (Å²) in [6.45, 7) is 4.33. The molecule has 0 amide bonds. The lowest BCUT2D eigenvalue weighted by Gasteiger charge is -2.11. The van der Waals surface area contributed by atoms with Crippen LogP contribution in [-0.2, 0) is 6.42 Å². The summed E-state index contributed by atoms with van der Waals surface area (Å²) >= 11 is 5.70. The molecule has 0 spiro atoms. The maximum absolute atomic E-state index is 6.03. The van der Waals surface area contributed by atoms with Gasteiger partial charge in [0.15, 0.2) is 5.82 Å². The van der Waals surface area contributed by atoms with Gasteiger partial charge in [0.05, 0.1) is 20.8 Å². The molecule has 21 heavy (non-hydrogen) atoms. The van der Waals surface area contributed by atoms with E-state index in [-0.39, 0.29) is 0 Å². The normalized spacial score (nSPS) is 11.0. The van der Waals surface area contributed by atoms with Gasteiger partial charge in [0, 0.05) is 5.56 Å². The Morgan fingerprint density at radius 1 is 1.33 bits per heavy atom. The molecule has 2 N–H and O–H groups in total. The molecule has 0 saturated heterocycles. The molecule has 0 unspecified atom stereocenters. The van der Waals surface area contributed by atoms with E-state index in [0.717, 1.165) is 31.5 Å². The number of benzene rings is 1. The Kier molecular flexibility index (Phi) is 5.43. The first-order chi connectivity index (χ1) is 9.92. The average molecular weight is 462 g/mol. The zero-order valence-corrected chi connectivity index (χ0v) is 15.9. The predicted octanol–water partition coefficient (Wildman–Crippen LogP) is 4.30.